The third-order valence-corrected chi connectivity index (χ3v) is 5.07. The Hall–Kier alpha value is -3.44. The summed E-state index contributed by atoms with van der Waals surface area (Å²) in [5.74, 6) is -0.174. The highest BCUT2D eigenvalue weighted by atomic mass is 16.1. The van der Waals surface area contributed by atoms with Crippen LogP contribution in [0.15, 0.2) is 73.1 Å². The first-order valence-corrected chi connectivity index (χ1v) is 10.0. The average Bonchev–Trinajstić information content (AvgIpc) is 3.16. The van der Waals surface area contributed by atoms with Crippen molar-refractivity contribution < 1.29 is 4.79 Å². The Balaban J connectivity index is 1.50. The second-order valence-corrected chi connectivity index (χ2v) is 7.87. The summed E-state index contributed by atoms with van der Waals surface area (Å²) in [5.41, 5.74) is 6.93. The molecule has 0 spiro atoms. The van der Waals surface area contributed by atoms with Crippen LogP contribution >= 0.6 is 0 Å². The molecule has 5 nitrogen and oxygen atoms in total. The Morgan fingerprint density at radius 1 is 1.07 bits per heavy atom. The van der Waals surface area contributed by atoms with Crippen LogP contribution in [0.4, 0.5) is 0 Å². The summed E-state index contributed by atoms with van der Waals surface area (Å²) in [6.45, 7) is 3.37. The molecular weight excluding hydrogens is 372 g/mol. The van der Waals surface area contributed by atoms with Crippen molar-refractivity contribution >= 4 is 11.6 Å². The molecule has 4 rings (SSSR count). The van der Waals surface area contributed by atoms with Gasteiger partial charge >= 0.3 is 0 Å². The van der Waals surface area contributed by atoms with Crippen molar-refractivity contribution in [3.8, 4) is 11.1 Å². The Morgan fingerprint density at radius 3 is 2.60 bits per heavy atom. The molecular formula is C25H26N4O. The topological polar surface area (TPSA) is 49.6 Å². The molecule has 0 unspecified atom stereocenters. The van der Waals surface area contributed by atoms with E-state index in [2.05, 4.69) is 65.7 Å². The van der Waals surface area contributed by atoms with Crippen molar-refractivity contribution in [2.24, 2.45) is 0 Å². The van der Waals surface area contributed by atoms with E-state index < -0.39 is 0 Å². The lowest BCUT2D eigenvalue weighted by molar-refractivity contribution is 0.0946. The molecule has 152 valence electrons. The lowest BCUT2D eigenvalue weighted by Crippen LogP contribution is -2.23. The van der Waals surface area contributed by atoms with Crippen LogP contribution < -0.4 is 5.32 Å². The van der Waals surface area contributed by atoms with Crippen LogP contribution in [0.1, 0.15) is 27.2 Å². The fraction of sp³-hybridized carbons (Fsp3) is 0.200. The maximum Gasteiger partial charge on any atom is 0.271 e. The van der Waals surface area contributed by atoms with Gasteiger partial charge in [0.15, 0.2) is 0 Å². The van der Waals surface area contributed by atoms with Crippen molar-refractivity contribution in [1.29, 1.82) is 0 Å². The first-order valence-electron chi connectivity index (χ1n) is 10.0. The molecule has 0 aliphatic rings. The Bertz CT molecular complexity index is 1180. The Kier molecular flexibility index (Phi) is 5.63. The number of aryl methyl sites for hydroxylation is 1. The van der Waals surface area contributed by atoms with Crippen LogP contribution in [0, 0.1) is 6.92 Å². The fourth-order valence-electron chi connectivity index (χ4n) is 3.57. The molecule has 0 atom stereocenters. The number of fused-ring (bicyclic) bond motifs is 1. The van der Waals surface area contributed by atoms with E-state index in [4.69, 9.17) is 0 Å². The number of rotatable bonds is 6. The number of carbonyl (C=O) groups excluding carboxylic acids is 1. The van der Waals surface area contributed by atoms with E-state index in [1.807, 2.05) is 41.8 Å². The third-order valence-electron chi connectivity index (χ3n) is 5.07. The SMILES string of the molecule is Cc1ccn2cc(C(=O)NCc3ccccc3-c3ccc(CN(C)C)cc3)nc2c1. The second kappa shape index (κ2) is 8.51. The van der Waals surface area contributed by atoms with E-state index in [1.54, 1.807) is 6.20 Å². The lowest BCUT2D eigenvalue weighted by Gasteiger charge is -2.13. The van der Waals surface area contributed by atoms with Crippen molar-refractivity contribution in [3.63, 3.8) is 0 Å². The van der Waals surface area contributed by atoms with Crippen LogP contribution in [0.2, 0.25) is 0 Å². The van der Waals surface area contributed by atoms with Gasteiger partial charge in [0.1, 0.15) is 11.3 Å². The van der Waals surface area contributed by atoms with Crippen molar-refractivity contribution in [1.82, 2.24) is 19.6 Å². The summed E-state index contributed by atoms with van der Waals surface area (Å²) in [6.07, 6.45) is 3.68. The van der Waals surface area contributed by atoms with Crippen molar-refractivity contribution in [3.05, 3.63) is 95.4 Å². The van der Waals surface area contributed by atoms with Crippen molar-refractivity contribution in [2.75, 3.05) is 14.1 Å². The number of pyridine rings is 1. The first kappa shape index (κ1) is 19.9. The molecule has 2 aromatic carbocycles. The first-order chi connectivity index (χ1) is 14.5. The lowest BCUT2D eigenvalue weighted by atomic mass is 9.98. The van der Waals surface area contributed by atoms with E-state index in [-0.39, 0.29) is 5.91 Å². The van der Waals surface area contributed by atoms with Gasteiger partial charge in [0.05, 0.1) is 0 Å². The molecule has 5 heteroatoms. The smallest absolute Gasteiger partial charge is 0.271 e. The number of carbonyl (C=O) groups is 1. The molecule has 0 aliphatic carbocycles. The number of imidazole rings is 1. The fourth-order valence-corrected chi connectivity index (χ4v) is 3.57. The molecule has 0 fully saturated rings. The highest BCUT2D eigenvalue weighted by Crippen LogP contribution is 2.24. The van der Waals surface area contributed by atoms with Crippen LogP contribution in [-0.4, -0.2) is 34.3 Å². The molecule has 0 aliphatic heterocycles. The predicted molar refractivity (Wildman–Crippen MR) is 120 cm³/mol. The maximum atomic E-state index is 12.7. The van der Waals surface area contributed by atoms with Gasteiger partial charge < -0.3 is 14.6 Å². The average molecular weight is 399 g/mol. The van der Waals surface area contributed by atoms with Crippen LogP contribution in [0.3, 0.4) is 0 Å². The Labute approximate surface area is 177 Å². The molecule has 1 amide bonds. The van der Waals surface area contributed by atoms with Gasteiger partial charge in [-0.25, -0.2) is 4.98 Å². The maximum absolute atomic E-state index is 12.7. The number of hydrogen-bond donors (Lipinski definition) is 1. The summed E-state index contributed by atoms with van der Waals surface area (Å²) in [7, 11) is 4.13. The monoisotopic (exact) mass is 398 g/mol. The van der Waals surface area contributed by atoms with E-state index in [1.165, 1.54) is 5.56 Å². The van der Waals surface area contributed by atoms with Gasteiger partial charge in [-0.15, -0.1) is 0 Å². The molecule has 0 saturated heterocycles. The van der Waals surface area contributed by atoms with Gasteiger partial charge in [-0.2, -0.15) is 0 Å². The zero-order chi connectivity index (χ0) is 21.1. The highest BCUT2D eigenvalue weighted by molar-refractivity contribution is 5.93. The zero-order valence-corrected chi connectivity index (χ0v) is 17.6. The second-order valence-electron chi connectivity index (χ2n) is 7.87. The van der Waals surface area contributed by atoms with E-state index in [0.29, 0.717) is 12.2 Å². The summed E-state index contributed by atoms with van der Waals surface area (Å²) >= 11 is 0. The third kappa shape index (κ3) is 4.42. The number of hydrogen-bond acceptors (Lipinski definition) is 3. The minimum absolute atomic E-state index is 0.174. The van der Waals surface area contributed by atoms with Crippen LogP contribution in [0.5, 0.6) is 0 Å². The normalized spacial score (nSPS) is 11.2. The van der Waals surface area contributed by atoms with Gasteiger partial charge in [-0.05, 0) is 61.0 Å². The summed E-state index contributed by atoms with van der Waals surface area (Å²) in [6, 6.07) is 20.7. The zero-order valence-electron chi connectivity index (χ0n) is 17.6. The molecule has 2 aromatic heterocycles. The number of nitrogens with zero attached hydrogens (tertiary/aromatic N) is 3. The molecule has 0 radical (unpaired) electrons. The standard InChI is InChI=1S/C25H26N4O/c1-18-12-13-29-17-23(27-24(29)14-18)25(30)26-15-21-6-4-5-7-22(21)20-10-8-19(9-11-20)16-28(2)3/h4-14,17H,15-16H2,1-3H3,(H,26,30). The van der Waals surface area contributed by atoms with Gasteiger partial charge in [0, 0.05) is 25.5 Å². The van der Waals surface area contributed by atoms with Crippen LogP contribution in [-0.2, 0) is 13.1 Å². The van der Waals surface area contributed by atoms with E-state index >= 15 is 0 Å². The predicted octanol–water partition coefficient (Wildman–Crippen LogP) is 4.30. The van der Waals surface area contributed by atoms with Gasteiger partial charge in [-0.1, -0.05) is 48.5 Å². The van der Waals surface area contributed by atoms with Crippen molar-refractivity contribution in [2.45, 2.75) is 20.0 Å². The Morgan fingerprint density at radius 2 is 1.83 bits per heavy atom. The minimum atomic E-state index is -0.174. The molecule has 1 N–H and O–H groups in total. The molecule has 0 saturated carbocycles. The quantitative estimate of drug-likeness (QED) is 0.527. The largest absolute Gasteiger partial charge is 0.347 e. The molecule has 0 bridgehead atoms. The summed E-state index contributed by atoms with van der Waals surface area (Å²) < 4.78 is 1.87. The molecule has 30 heavy (non-hydrogen) atoms. The van der Waals surface area contributed by atoms with Crippen LogP contribution in [0.25, 0.3) is 16.8 Å². The minimum Gasteiger partial charge on any atom is -0.347 e. The number of nitrogens with one attached hydrogen (secondary N) is 1. The van der Waals surface area contributed by atoms with Gasteiger partial charge in [0.25, 0.3) is 5.91 Å². The number of aromatic nitrogens is 2. The summed E-state index contributed by atoms with van der Waals surface area (Å²) in [5, 5.41) is 3.02. The molecule has 2 heterocycles. The molecule has 4 aromatic rings. The van der Waals surface area contributed by atoms with Gasteiger partial charge in [-0.3, -0.25) is 4.79 Å². The van der Waals surface area contributed by atoms with E-state index in [0.717, 1.165) is 34.4 Å². The van der Waals surface area contributed by atoms with Gasteiger partial charge in [0.2, 0.25) is 0 Å². The summed E-state index contributed by atoms with van der Waals surface area (Å²) in [4.78, 5) is 19.3. The number of amides is 1. The van der Waals surface area contributed by atoms with E-state index in [9.17, 15) is 4.79 Å². The number of benzene rings is 2. The highest BCUT2D eigenvalue weighted by Gasteiger charge is 2.12.